The van der Waals surface area contributed by atoms with Crippen LogP contribution in [0.25, 0.3) is 5.57 Å². The van der Waals surface area contributed by atoms with E-state index in [-0.39, 0.29) is 0 Å². The highest BCUT2D eigenvalue weighted by Gasteiger charge is 2.54. The number of rotatable bonds is 3. The Balaban J connectivity index is 1.41. The molecule has 1 heteroatoms. The van der Waals surface area contributed by atoms with Crippen molar-refractivity contribution in [2.45, 2.75) is 50.4 Å². The largest absolute Gasteiger partial charge is 0.0808 e. The van der Waals surface area contributed by atoms with Gasteiger partial charge in [-0.1, -0.05) is 99.3 Å². The average Bonchev–Trinajstić information content (AvgIpc) is 3.29. The summed E-state index contributed by atoms with van der Waals surface area (Å²) in [6, 6.07) is 11.0. The fourth-order valence-electron chi connectivity index (χ4n) is 7.44. The van der Waals surface area contributed by atoms with Crippen molar-refractivity contribution >= 4 is 13.6 Å². The second-order valence-electron chi connectivity index (χ2n) is 10.3. The molecule has 0 spiro atoms. The molecule has 0 saturated heterocycles. The smallest absolute Gasteiger partial charge is 0.0550 e. The molecule has 4 aliphatic rings. The fraction of sp³-hybridized carbons (Fsp3) is 0.481. The topological polar surface area (TPSA) is 0 Å². The van der Waals surface area contributed by atoms with Crippen LogP contribution in [0.2, 0.25) is 24.2 Å². The number of hydrogen-bond acceptors (Lipinski definition) is 0. The molecule has 0 amide bonds. The van der Waals surface area contributed by atoms with Gasteiger partial charge >= 0.3 is 0 Å². The van der Waals surface area contributed by atoms with Crippen LogP contribution in [-0.2, 0) is 0 Å². The van der Waals surface area contributed by atoms with Crippen molar-refractivity contribution < 1.29 is 0 Å². The molecule has 0 N–H and O–H groups in total. The van der Waals surface area contributed by atoms with Crippen LogP contribution in [0.5, 0.6) is 0 Å². The minimum Gasteiger partial charge on any atom is -0.0808 e. The molecule has 7 atom stereocenters. The van der Waals surface area contributed by atoms with Gasteiger partial charge in [-0.3, -0.25) is 0 Å². The lowest BCUT2D eigenvalue weighted by Crippen LogP contribution is -2.44. The van der Waals surface area contributed by atoms with Crippen LogP contribution in [0.15, 0.2) is 72.9 Å². The van der Waals surface area contributed by atoms with E-state index in [4.69, 9.17) is 0 Å². The van der Waals surface area contributed by atoms with Gasteiger partial charge in [-0.05, 0) is 64.7 Å². The monoisotopic (exact) mass is 386 g/mol. The SMILES string of the molecule is CC1CC2C=C(c3ccccc3)C=CC2C1[Si](C)(C)C1CCC2C=CC=CC21. The lowest BCUT2D eigenvalue weighted by Gasteiger charge is -2.44. The second-order valence-corrected chi connectivity index (χ2v) is 15.4. The van der Waals surface area contributed by atoms with Gasteiger partial charge in [-0.15, -0.1) is 0 Å². The third-order valence-electron chi connectivity index (χ3n) is 8.55. The number of allylic oxidation sites excluding steroid dienone is 8. The summed E-state index contributed by atoms with van der Waals surface area (Å²) < 4.78 is 0. The van der Waals surface area contributed by atoms with Gasteiger partial charge in [0.05, 0.1) is 8.07 Å². The molecule has 1 aromatic rings. The molecule has 2 fully saturated rings. The van der Waals surface area contributed by atoms with Crippen molar-refractivity contribution in [1.82, 2.24) is 0 Å². The maximum Gasteiger partial charge on any atom is 0.0550 e. The van der Waals surface area contributed by atoms with Crippen LogP contribution in [0.1, 0.15) is 31.7 Å². The minimum absolute atomic E-state index is 0.742. The summed E-state index contributed by atoms with van der Waals surface area (Å²) >= 11 is 0. The average molecular weight is 387 g/mol. The van der Waals surface area contributed by atoms with Crippen LogP contribution in [0, 0.1) is 29.6 Å². The predicted octanol–water partition coefficient (Wildman–Crippen LogP) is 7.51. The first-order chi connectivity index (χ1) is 13.6. The van der Waals surface area contributed by atoms with Crippen LogP contribution >= 0.6 is 0 Å². The van der Waals surface area contributed by atoms with Crippen molar-refractivity contribution in [3.8, 4) is 0 Å². The first-order valence-corrected chi connectivity index (χ1v) is 14.5. The summed E-state index contributed by atoms with van der Waals surface area (Å²) in [5, 5.41) is 0. The minimum atomic E-state index is -1.38. The summed E-state index contributed by atoms with van der Waals surface area (Å²) in [6.07, 6.45) is 21.6. The normalized spacial score (nSPS) is 39.0. The Morgan fingerprint density at radius 2 is 1.64 bits per heavy atom. The standard InChI is InChI=1S/C27H34Si/c1-19-17-23-18-22(20-9-5-4-6-10-20)13-15-25(23)27(19)28(2,3)26-16-14-21-11-7-8-12-24(21)26/h4-13,15,18-19,21,23-27H,14,16-17H2,1-3H3. The lowest BCUT2D eigenvalue weighted by atomic mass is 9.86. The molecule has 7 unspecified atom stereocenters. The van der Waals surface area contributed by atoms with Gasteiger partial charge < -0.3 is 0 Å². The van der Waals surface area contributed by atoms with Gasteiger partial charge in [0.15, 0.2) is 0 Å². The molecule has 28 heavy (non-hydrogen) atoms. The van der Waals surface area contributed by atoms with Crippen molar-refractivity contribution in [2.75, 3.05) is 0 Å². The van der Waals surface area contributed by atoms with E-state index in [1.165, 1.54) is 30.4 Å². The lowest BCUT2D eigenvalue weighted by molar-refractivity contribution is 0.506. The molecular weight excluding hydrogens is 352 g/mol. The van der Waals surface area contributed by atoms with Crippen molar-refractivity contribution in [2.24, 2.45) is 29.6 Å². The van der Waals surface area contributed by atoms with E-state index < -0.39 is 8.07 Å². The quantitative estimate of drug-likeness (QED) is 0.471. The summed E-state index contributed by atoms with van der Waals surface area (Å²) in [4.78, 5) is 0. The van der Waals surface area contributed by atoms with E-state index in [0.717, 1.165) is 40.7 Å². The van der Waals surface area contributed by atoms with E-state index in [1.54, 1.807) is 0 Å². The first-order valence-electron chi connectivity index (χ1n) is 11.4. The third-order valence-corrected chi connectivity index (χ3v) is 13.8. The third kappa shape index (κ3) is 2.94. The molecule has 0 nitrogen and oxygen atoms in total. The molecular formula is C27H34Si. The van der Waals surface area contributed by atoms with Crippen molar-refractivity contribution in [1.29, 1.82) is 0 Å². The predicted molar refractivity (Wildman–Crippen MR) is 124 cm³/mol. The fourth-order valence-corrected chi connectivity index (χ4v) is 13.2. The highest BCUT2D eigenvalue weighted by molar-refractivity contribution is 6.80. The molecule has 0 radical (unpaired) electrons. The molecule has 0 aromatic heterocycles. The highest BCUT2D eigenvalue weighted by atomic mass is 28.3. The van der Waals surface area contributed by atoms with Crippen molar-refractivity contribution in [3.05, 3.63) is 78.4 Å². The Hall–Kier alpha value is -1.60. The Bertz CT molecular complexity index is 840. The molecule has 0 bridgehead atoms. The van der Waals surface area contributed by atoms with Crippen LogP contribution in [0.3, 0.4) is 0 Å². The molecule has 146 valence electrons. The molecule has 0 aliphatic heterocycles. The van der Waals surface area contributed by atoms with Crippen LogP contribution in [0.4, 0.5) is 0 Å². The van der Waals surface area contributed by atoms with Gasteiger partial charge in [0, 0.05) is 0 Å². The van der Waals surface area contributed by atoms with Gasteiger partial charge in [-0.25, -0.2) is 0 Å². The van der Waals surface area contributed by atoms with E-state index in [1.807, 2.05) is 0 Å². The maximum absolute atomic E-state index is 2.74. The zero-order valence-electron chi connectivity index (χ0n) is 17.6. The zero-order valence-corrected chi connectivity index (χ0v) is 18.6. The van der Waals surface area contributed by atoms with Crippen LogP contribution < -0.4 is 0 Å². The molecule has 5 rings (SSSR count). The van der Waals surface area contributed by atoms with Gasteiger partial charge in [-0.2, -0.15) is 0 Å². The number of fused-ring (bicyclic) bond motifs is 2. The molecule has 2 saturated carbocycles. The van der Waals surface area contributed by atoms with Gasteiger partial charge in [0.25, 0.3) is 0 Å². The number of benzene rings is 1. The highest BCUT2D eigenvalue weighted by Crippen LogP contribution is 2.61. The van der Waals surface area contributed by atoms with E-state index in [9.17, 15) is 0 Å². The Labute approximate surface area is 172 Å². The second kappa shape index (κ2) is 7.02. The van der Waals surface area contributed by atoms with Crippen molar-refractivity contribution in [3.63, 3.8) is 0 Å². The molecule has 0 heterocycles. The summed E-state index contributed by atoms with van der Waals surface area (Å²) in [6.45, 7) is 8.03. The van der Waals surface area contributed by atoms with E-state index >= 15 is 0 Å². The summed E-state index contributed by atoms with van der Waals surface area (Å²) in [7, 11) is -1.38. The Kier molecular flexibility index (Phi) is 4.62. The first kappa shape index (κ1) is 18.4. The Morgan fingerprint density at radius 1 is 0.857 bits per heavy atom. The Morgan fingerprint density at radius 3 is 2.46 bits per heavy atom. The molecule has 4 aliphatic carbocycles. The van der Waals surface area contributed by atoms with E-state index in [0.29, 0.717) is 0 Å². The summed E-state index contributed by atoms with van der Waals surface area (Å²) in [5.74, 6) is 4.01. The zero-order chi connectivity index (χ0) is 19.3. The van der Waals surface area contributed by atoms with Gasteiger partial charge in [0.1, 0.15) is 0 Å². The number of hydrogen-bond donors (Lipinski definition) is 0. The summed E-state index contributed by atoms with van der Waals surface area (Å²) in [5.41, 5.74) is 4.70. The van der Waals surface area contributed by atoms with Gasteiger partial charge in [0.2, 0.25) is 0 Å². The van der Waals surface area contributed by atoms with Crippen LogP contribution in [-0.4, -0.2) is 8.07 Å². The maximum atomic E-state index is 2.74. The molecule has 1 aromatic carbocycles. The van der Waals surface area contributed by atoms with E-state index in [2.05, 4.69) is 92.9 Å².